The lowest BCUT2D eigenvalue weighted by molar-refractivity contribution is -0.0552. The Morgan fingerprint density at radius 2 is 1.91 bits per heavy atom. The summed E-state index contributed by atoms with van der Waals surface area (Å²) in [5.74, 6) is 2.96. The number of aliphatic imine (C=N–C) groups is 1. The molecule has 0 spiro atoms. The SMILES string of the molecule is CNC[C@H](NC[C@H](C)O)[C@@H]1[C+]2C=C([C@@H](O)COc3cc(CC[C-]4C=C(CO)C(CCCCCC[C@H](N)C[C@H]5C=Cc6c(ccc7cc8c(cc67)=CCN=8)[C@@H]5O)[OH+]4)ccc3O)N=C2CC[C@H]2CCC[C@@H]21. The lowest BCUT2D eigenvalue weighted by Crippen LogP contribution is -2.50. The van der Waals surface area contributed by atoms with Crippen LogP contribution in [0.4, 0.5) is 0 Å². The molecule has 0 amide bonds. The van der Waals surface area contributed by atoms with Gasteiger partial charge in [0.1, 0.15) is 30.4 Å². The van der Waals surface area contributed by atoms with Crippen molar-refractivity contribution in [3.05, 3.63) is 111 Å². The molecule has 2 saturated carbocycles. The third kappa shape index (κ3) is 11.5. The van der Waals surface area contributed by atoms with Crippen LogP contribution in [-0.4, -0.2) is 106 Å². The van der Waals surface area contributed by atoms with E-state index in [1.54, 1.807) is 6.07 Å². The maximum atomic E-state index is 11.4. The number of aliphatic hydroxyl groups excluding tert-OH is 4. The fourth-order valence-corrected chi connectivity index (χ4v) is 12.2. The Bertz CT molecular complexity index is 2520. The lowest BCUT2D eigenvalue weighted by Gasteiger charge is -2.33. The van der Waals surface area contributed by atoms with E-state index >= 15 is 0 Å². The number of nitrogens with two attached hydrogens (primary N) is 1. The highest BCUT2D eigenvalue weighted by molar-refractivity contribution is 6.03. The van der Waals surface area contributed by atoms with Crippen molar-refractivity contribution in [2.24, 2.45) is 39.4 Å². The van der Waals surface area contributed by atoms with Crippen LogP contribution in [0, 0.1) is 35.7 Å². The molecule has 3 aromatic rings. The summed E-state index contributed by atoms with van der Waals surface area (Å²) in [5, 5.41) is 65.5. The first-order valence-electron chi connectivity index (χ1n) is 26.0. The van der Waals surface area contributed by atoms with Gasteiger partial charge in [0.15, 0.2) is 17.6 Å². The van der Waals surface area contributed by atoms with Crippen molar-refractivity contribution >= 4 is 28.6 Å². The summed E-state index contributed by atoms with van der Waals surface area (Å²) in [5.41, 5.74) is 12.3. The quantitative estimate of drug-likeness (QED) is 0.0333. The van der Waals surface area contributed by atoms with Crippen LogP contribution in [0.5, 0.6) is 11.5 Å². The number of hydrogen-bond acceptors (Lipinski definition) is 11. The average Bonchev–Trinajstić information content (AvgIpc) is 4.17. The largest absolute Gasteiger partial charge is 0.504 e. The Kier molecular flexibility index (Phi) is 16.3. The van der Waals surface area contributed by atoms with Crippen molar-refractivity contribution in [3.8, 4) is 11.5 Å². The number of fused-ring (bicyclic) bond motifs is 6. The minimum atomic E-state index is -0.963. The summed E-state index contributed by atoms with van der Waals surface area (Å²) >= 11 is 0. The summed E-state index contributed by atoms with van der Waals surface area (Å²) in [6.07, 6.45) is 23.4. The Morgan fingerprint density at radius 1 is 1.04 bits per heavy atom. The highest BCUT2D eigenvalue weighted by Crippen LogP contribution is 2.50. The van der Waals surface area contributed by atoms with Crippen molar-refractivity contribution in [1.82, 2.24) is 10.6 Å². The lowest BCUT2D eigenvalue weighted by atomic mass is 9.72. The van der Waals surface area contributed by atoms with Crippen LogP contribution in [0.25, 0.3) is 22.9 Å². The second-order valence-electron chi connectivity index (χ2n) is 20.8. The van der Waals surface area contributed by atoms with Crippen molar-refractivity contribution in [3.63, 3.8) is 0 Å². The first-order chi connectivity index (χ1) is 33.6. The Labute approximate surface area is 408 Å². The highest BCUT2D eigenvalue weighted by Gasteiger charge is 2.52. The minimum absolute atomic E-state index is 0.00502. The topological polar surface area (TPSA) is 198 Å². The Morgan fingerprint density at radius 3 is 2.75 bits per heavy atom. The molecule has 9 rings (SSSR count). The summed E-state index contributed by atoms with van der Waals surface area (Å²) in [6, 6.07) is 14.0. The molecule has 12 heteroatoms. The van der Waals surface area contributed by atoms with Gasteiger partial charge >= 0.3 is 0 Å². The number of phenols is 1. The summed E-state index contributed by atoms with van der Waals surface area (Å²) in [7, 11) is 1.97. The van der Waals surface area contributed by atoms with E-state index in [9.17, 15) is 25.5 Å². The van der Waals surface area contributed by atoms with Gasteiger partial charge in [-0.2, -0.15) is 0 Å². The number of allylic oxidation sites excluding steroid dienone is 1. The third-order valence-electron chi connectivity index (χ3n) is 15.9. The Balaban J connectivity index is 0.702. The summed E-state index contributed by atoms with van der Waals surface area (Å²) < 4.78 is 11.1. The van der Waals surface area contributed by atoms with E-state index in [1.807, 2.05) is 32.2 Å². The zero-order valence-electron chi connectivity index (χ0n) is 40.7. The van der Waals surface area contributed by atoms with Crippen LogP contribution >= 0.6 is 0 Å². The number of aliphatic hydroxyl groups is 6. The fourth-order valence-electron chi connectivity index (χ4n) is 12.2. The molecule has 0 bridgehead atoms. The molecule has 0 aromatic heterocycles. The van der Waals surface area contributed by atoms with Gasteiger partial charge < -0.3 is 51.4 Å². The molecule has 1 unspecified atom stereocenters. The van der Waals surface area contributed by atoms with Gasteiger partial charge in [0.2, 0.25) is 5.70 Å². The number of likely N-dealkylation sites (N-methyl/N-ethyl adjacent to an activating group) is 1. The minimum Gasteiger partial charge on any atom is -0.504 e. The number of ether oxygens (including phenoxy) is 2. The molecule has 12 nitrogen and oxygen atoms in total. The van der Waals surface area contributed by atoms with Gasteiger partial charge in [-0.3, -0.25) is 4.99 Å². The third-order valence-corrected chi connectivity index (χ3v) is 15.9. The smallest absolute Gasteiger partial charge is 0.208 e. The summed E-state index contributed by atoms with van der Waals surface area (Å²) in [4.78, 5) is 9.57. The highest BCUT2D eigenvalue weighted by atomic mass is 16.5. The predicted molar refractivity (Wildman–Crippen MR) is 274 cm³/mol. The predicted octanol–water partition coefficient (Wildman–Crippen LogP) is 5.72. The summed E-state index contributed by atoms with van der Waals surface area (Å²) in [6.45, 7) is 3.78. The fraction of sp³-hybridized carbons (Fsp3) is 0.544. The van der Waals surface area contributed by atoms with Crippen LogP contribution in [0.1, 0.15) is 113 Å². The van der Waals surface area contributed by atoms with Gasteiger partial charge in [-0.1, -0.05) is 68.5 Å². The van der Waals surface area contributed by atoms with Gasteiger partial charge in [0.25, 0.3) is 0 Å². The molecule has 370 valence electrons. The number of aryl methyl sites for hydroxylation is 1. The molecule has 3 heterocycles. The molecule has 10 N–H and O–H groups in total. The van der Waals surface area contributed by atoms with E-state index in [2.05, 4.69) is 64.2 Å². The van der Waals surface area contributed by atoms with Gasteiger partial charge in [-0.05, 0) is 128 Å². The van der Waals surface area contributed by atoms with Crippen molar-refractivity contribution in [1.29, 1.82) is 0 Å². The van der Waals surface area contributed by atoms with Crippen molar-refractivity contribution in [2.45, 2.75) is 133 Å². The number of hydrogen-bond donors (Lipinski definition) is 8. The van der Waals surface area contributed by atoms with Crippen LogP contribution < -0.4 is 31.7 Å². The zero-order valence-corrected chi connectivity index (χ0v) is 40.7. The second kappa shape index (κ2) is 22.7. The standard InChI is InChI=1S/C57H75N5O7/c1-34(64)30-61-51(31-59-2)56-43-10-7-8-36(43)16-20-48-47(56)29-50(62-48)53(66)33-68-55-24-35(13-21-52(55)65)12-17-42-26-40(32-63)54(69-42)11-6-4-3-5-9-41(58)25-39-15-18-44-45(57(39)67)19-14-37-28-49-38(22-23-60-49)27-46(37)44/h13-15,18-19,21-22,24,26-29,34,36,39,41,43,51,53-54,56-57,59,61,63-64,66-67,69H,3-12,16-17,20,23,25,30-33,58H2,1-2H3/p+1/t34-,36+,39+,41-,43-,51-,53-,54?,56-,57+/m0/s1. The first kappa shape index (κ1) is 49.5. The van der Waals surface area contributed by atoms with E-state index in [1.165, 1.54) is 30.4 Å². The molecular formula is C57H76N5O7+. The zero-order chi connectivity index (χ0) is 48.0. The average molecular weight is 943 g/mol. The van der Waals surface area contributed by atoms with Gasteiger partial charge in [0, 0.05) is 50.5 Å². The first-order valence-corrected chi connectivity index (χ1v) is 26.0. The molecule has 3 aromatic carbocycles. The van der Waals surface area contributed by atoms with E-state index in [0.29, 0.717) is 42.7 Å². The van der Waals surface area contributed by atoms with Gasteiger partial charge in [0.05, 0.1) is 36.1 Å². The molecule has 10 atom stereocenters. The monoisotopic (exact) mass is 943 g/mol. The number of benzene rings is 3. The second-order valence-corrected chi connectivity index (χ2v) is 20.8. The van der Waals surface area contributed by atoms with Crippen LogP contribution in [0.2, 0.25) is 0 Å². The van der Waals surface area contributed by atoms with Crippen molar-refractivity contribution in [2.75, 3.05) is 39.9 Å². The number of rotatable bonds is 23. The van der Waals surface area contributed by atoms with Gasteiger partial charge in [-0.15, -0.1) is 16.6 Å². The molecule has 0 saturated heterocycles. The molecule has 3 aliphatic carbocycles. The van der Waals surface area contributed by atoms with Crippen LogP contribution in [-0.2, 0) is 6.42 Å². The number of aromatic hydroxyl groups is 1. The van der Waals surface area contributed by atoms with E-state index in [4.69, 9.17) is 20.2 Å². The number of nitrogens with zero attached hydrogens (tertiary/aromatic N) is 2. The van der Waals surface area contributed by atoms with E-state index < -0.39 is 18.3 Å². The molecule has 0 radical (unpaired) electrons. The Hall–Kier alpha value is -4.50. The molecule has 3 aliphatic heterocycles. The normalized spacial score (nSPS) is 25.4. The molecule has 2 fully saturated rings. The maximum absolute atomic E-state index is 11.4. The van der Waals surface area contributed by atoms with E-state index in [-0.39, 0.29) is 49.0 Å². The molecule has 6 aliphatic rings. The van der Waals surface area contributed by atoms with Crippen LogP contribution in [0.3, 0.4) is 0 Å². The van der Waals surface area contributed by atoms with Crippen molar-refractivity contribution < 1.29 is 35.0 Å². The van der Waals surface area contributed by atoms with Crippen LogP contribution in [0.15, 0.2) is 81.9 Å². The van der Waals surface area contributed by atoms with E-state index in [0.717, 1.165) is 121 Å². The molecular weight excluding hydrogens is 867 g/mol. The van der Waals surface area contributed by atoms with Gasteiger partial charge in [-0.25, -0.2) is 0 Å². The maximum Gasteiger partial charge on any atom is 0.208 e. The number of unbranched alkanes of at least 4 members (excludes halogenated alkanes) is 3. The number of phenolic OH excluding ortho intramolecular Hbond substituents is 1. The number of nitrogens with one attached hydrogen (secondary N) is 2. The molecule has 69 heavy (non-hydrogen) atoms.